The summed E-state index contributed by atoms with van der Waals surface area (Å²) in [4.78, 5) is 39.4. The van der Waals surface area contributed by atoms with Crippen molar-refractivity contribution in [2.75, 3.05) is 13.1 Å². The van der Waals surface area contributed by atoms with E-state index in [0.717, 1.165) is 9.25 Å². The Bertz CT molecular complexity index is 867. The van der Waals surface area contributed by atoms with Gasteiger partial charge in [-0.2, -0.15) is 9.78 Å². The second-order valence-electron chi connectivity index (χ2n) is 5.45. The minimum Gasteiger partial charge on any atom is -0.338 e. The molecule has 0 radical (unpaired) electrons. The summed E-state index contributed by atoms with van der Waals surface area (Å²) in [6, 6.07) is 6.46. The lowest BCUT2D eigenvalue weighted by Gasteiger charge is -2.19. The number of hydrogen-bond donors (Lipinski definition) is 0. The topological polar surface area (TPSA) is 77.2 Å². The van der Waals surface area contributed by atoms with Gasteiger partial charge in [0.05, 0.1) is 5.69 Å². The van der Waals surface area contributed by atoms with Crippen LogP contribution in [0.3, 0.4) is 0 Å². The Balaban J connectivity index is 2.72. The van der Waals surface area contributed by atoms with Crippen molar-refractivity contribution in [1.29, 1.82) is 0 Å². The quantitative estimate of drug-likeness (QED) is 0.784. The number of rotatable bonds is 6. The maximum absolute atomic E-state index is 12.7. The normalized spacial score (nSPS) is 10.7. The summed E-state index contributed by atoms with van der Waals surface area (Å²) in [6.45, 7) is 6.61. The molecule has 2 rings (SSSR count). The van der Waals surface area contributed by atoms with Crippen molar-refractivity contribution in [1.82, 2.24) is 19.2 Å². The highest BCUT2D eigenvalue weighted by Gasteiger charge is 2.23. The molecule has 7 nitrogen and oxygen atoms in total. The Morgan fingerprint density at radius 3 is 2.24 bits per heavy atom. The Morgan fingerprint density at radius 2 is 1.72 bits per heavy atom. The molecule has 0 bridgehead atoms. The second-order valence-corrected chi connectivity index (χ2v) is 5.89. The van der Waals surface area contributed by atoms with Gasteiger partial charge in [-0.15, -0.1) is 0 Å². The fraction of sp³-hybridized carbons (Fsp3) is 0.412. The number of aromatic nitrogens is 3. The first-order chi connectivity index (χ1) is 11.9. The van der Waals surface area contributed by atoms with E-state index in [1.54, 1.807) is 24.3 Å². The molecule has 25 heavy (non-hydrogen) atoms. The zero-order chi connectivity index (χ0) is 18.6. The van der Waals surface area contributed by atoms with Gasteiger partial charge in [0.2, 0.25) is 5.69 Å². The number of benzene rings is 1. The molecule has 1 aromatic heterocycles. The van der Waals surface area contributed by atoms with E-state index in [4.69, 9.17) is 11.6 Å². The van der Waals surface area contributed by atoms with Crippen molar-refractivity contribution in [2.45, 2.75) is 33.7 Å². The van der Waals surface area contributed by atoms with E-state index in [-0.39, 0.29) is 12.2 Å². The molecule has 2 aromatic rings. The van der Waals surface area contributed by atoms with Crippen LogP contribution in [-0.4, -0.2) is 38.2 Å². The first-order valence-electron chi connectivity index (χ1n) is 8.23. The van der Waals surface area contributed by atoms with Crippen LogP contribution in [0.4, 0.5) is 0 Å². The van der Waals surface area contributed by atoms with Gasteiger partial charge in [-0.05, 0) is 44.5 Å². The van der Waals surface area contributed by atoms with Crippen LogP contribution in [0.25, 0.3) is 5.69 Å². The van der Waals surface area contributed by atoms with Crippen LogP contribution in [0.1, 0.15) is 37.7 Å². The van der Waals surface area contributed by atoms with Crippen LogP contribution < -0.4 is 11.2 Å². The third-order valence-corrected chi connectivity index (χ3v) is 4.08. The van der Waals surface area contributed by atoms with Gasteiger partial charge in [0.25, 0.3) is 11.5 Å². The Morgan fingerprint density at radius 1 is 1.12 bits per heavy atom. The fourth-order valence-corrected chi connectivity index (χ4v) is 2.61. The zero-order valence-corrected chi connectivity index (χ0v) is 15.3. The van der Waals surface area contributed by atoms with Gasteiger partial charge in [0.15, 0.2) is 0 Å². The number of amides is 1. The summed E-state index contributed by atoms with van der Waals surface area (Å²) in [6.07, 6.45) is 0.582. The molecule has 0 spiro atoms. The molecular weight excluding hydrogens is 344 g/mol. The summed E-state index contributed by atoms with van der Waals surface area (Å²) in [7, 11) is 0. The van der Waals surface area contributed by atoms with Crippen molar-refractivity contribution >= 4 is 17.5 Å². The summed E-state index contributed by atoms with van der Waals surface area (Å²) in [5.74, 6) is -0.484. The average molecular weight is 365 g/mol. The van der Waals surface area contributed by atoms with Crippen LogP contribution in [0, 0.1) is 0 Å². The molecule has 0 saturated heterocycles. The van der Waals surface area contributed by atoms with E-state index in [1.807, 2.05) is 20.8 Å². The monoisotopic (exact) mass is 364 g/mol. The molecule has 0 fully saturated rings. The van der Waals surface area contributed by atoms with Crippen LogP contribution in [0.2, 0.25) is 5.02 Å². The maximum Gasteiger partial charge on any atom is 0.352 e. The molecule has 1 heterocycles. The molecule has 0 aliphatic carbocycles. The molecule has 0 N–H and O–H groups in total. The summed E-state index contributed by atoms with van der Waals surface area (Å²) in [5, 5.41) is 4.58. The SMILES string of the molecule is CCCn1c(=O)c(C(=O)N(CC)CC)nn(-c2ccc(Cl)cc2)c1=O. The van der Waals surface area contributed by atoms with Crippen molar-refractivity contribution < 1.29 is 4.79 Å². The highest BCUT2D eigenvalue weighted by Crippen LogP contribution is 2.11. The van der Waals surface area contributed by atoms with Gasteiger partial charge >= 0.3 is 5.69 Å². The van der Waals surface area contributed by atoms with Crippen LogP contribution >= 0.6 is 11.6 Å². The fourth-order valence-electron chi connectivity index (χ4n) is 2.48. The van der Waals surface area contributed by atoms with Gasteiger partial charge in [-0.1, -0.05) is 18.5 Å². The van der Waals surface area contributed by atoms with E-state index in [1.165, 1.54) is 4.90 Å². The molecule has 0 atom stereocenters. The first kappa shape index (κ1) is 18.9. The molecule has 1 amide bonds. The average Bonchev–Trinajstić information content (AvgIpc) is 2.61. The molecule has 0 unspecified atom stereocenters. The number of carbonyl (C=O) groups is 1. The third kappa shape index (κ3) is 3.82. The van der Waals surface area contributed by atoms with Gasteiger partial charge in [-0.3, -0.25) is 14.2 Å². The number of carbonyl (C=O) groups excluding carboxylic acids is 1. The Labute approximate surface area is 150 Å². The smallest absolute Gasteiger partial charge is 0.338 e. The molecule has 8 heteroatoms. The van der Waals surface area contributed by atoms with E-state index in [2.05, 4.69) is 5.10 Å². The van der Waals surface area contributed by atoms with E-state index >= 15 is 0 Å². The van der Waals surface area contributed by atoms with Crippen molar-refractivity contribution in [3.63, 3.8) is 0 Å². The van der Waals surface area contributed by atoms with Crippen molar-refractivity contribution in [3.05, 3.63) is 55.8 Å². The number of halogens is 1. The highest BCUT2D eigenvalue weighted by molar-refractivity contribution is 6.30. The first-order valence-corrected chi connectivity index (χ1v) is 8.61. The van der Waals surface area contributed by atoms with Gasteiger partial charge in [0.1, 0.15) is 0 Å². The highest BCUT2D eigenvalue weighted by atomic mass is 35.5. The Kier molecular flexibility index (Phi) is 6.14. The second kappa shape index (κ2) is 8.11. The van der Waals surface area contributed by atoms with Crippen molar-refractivity contribution in [2.24, 2.45) is 0 Å². The standard InChI is InChI=1S/C17H21ClN4O3/c1-4-11-21-16(24)14(15(23)20(5-2)6-3)19-22(17(21)25)13-9-7-12(18)8-10-13/h7-10H,4-6,11H2,1-3H3. The van der Waals surface area contributed by atoms with Crippen LogP contribution in [0.15, 0.2) is 33.9 Å². The predicted octanol–water partition coefficient (Wildman–Crippen LogP) is 1.94. The molecular formula is C17H21ClN4O3. The van der Waals surface area contributed by atoms with E-state index in [9.17, 15) is 14.4 Å². The summed E-state index contributed by atoms with van der Waals surface area (Å²) < 4.78 is 2.13. The predicted molar refractivity (Wildman–Crippen MR) is 96.6 cm³/mol. The van der Waals surface area contributed by atoms with Gasteiger partial charge in [0, 0.05) is 24.7 Å². The molecule has 0 aliphatic heterocycles. The third-order valence-electron chi connectivity index (χ3n) is 3.83. The van der Waals surface area contributed by atoms with Crippen LogP contribution in [-0.2, 0) is 6.54 Å². The number of nitrogens with zero attached hydrogens (tertiary/aromatic N) is 4. The summed E-state index contributed by atoms with van der Waals surface area (Å²) >= 11 is 5.88. The largest absolute Gasteiger partial charge is 0.352 e. The lowest BCUT2D eigenvalue weighted by molar-refractivity contribution is 0.0761. The molecule has 0 saturated carbocycles. The Hall–Kier alpha value is -2.41. The maximum atomic E-state index is 12.7. The minimum absolute atomic E-state index is 0.215. The zero-order valence-electron chi connectivity index (χ0n) is 14.5. The lowest BCUT2D eigenvalue weighted by Crippen LogP contribution is -2.46. The van der Waals surface area contributed by atoms with E-state index in [0.29, 0.717) is 30.2 Å². The van der Waals surface area contributed by atoms with Crippen LogP contribution in [0.5, 0.6) is 0 Å². The number of hydrogen-bond acceptors (Lipinski definition) is 4. The molecule has 0 aliphatic rings. The van der Waals surface area contributed by atoms with Gasteiger partial charge in [-0.25, -0.2) is 4.79 Å². The van der Waals surface area contributed by atoms with Gasteiger partial charge < -0.3 is 4.90 Å². The molecule has 1 aromatic carbocycles. The minimum atomic E-state index is -0.658. The summed E-state index contributed by atoms with van der Waals surface area (Å²) in [5.41, 5.74) is -1.06. The van der Waals surface area contributed by atoms with Crippen molar-refractivity contribution in [3.8, 4) is 5.69 Å². The lowest BCUT2D eigenvalue weighted by atomic mass is 10.3. The van der Waals surface area contributed by atoms with E-state index < -0.39 is 17.2 Å². The molecule has 134 valence electrons.